The Hall–Kier alpha value is -3.08. The number of amides is 1. The number of benzene rings is 2. The molecule has 110 valence electrons. The normalized spacial score (nSPS) is 11.0. The molecule has 5 heteroatoms. The summed E-state index contributed by atoms with van der Waals surface area (Å²) in [5, 5.41) is 6.14. The van der Waals surface area contributed by atoms with E-state index in [-0.39, 0.29) is 5.91 Å². The van der Waals surface area contributed by atoms with Gasteiger partial charge in [0.05, 0.1) is 13.3 Å². The van der Waals surface area contributed by atoms with Gasteiger partial charge in [-0.3, -0.25) is 4.79 Å². The van der Waals surface area contributed by atoms with Gasteiger partial charge in [-0.1, -0.05) is 18.2 Å². The van der Waals surface area contributed by atoms with E-state index in [1.54, 1.807) is 31.7 Å². The number of hydrogen-bond acceptors (Lipinski definition) is 3. The summed E-state index contributed by atoms with van der Waals surface area (Å²) in [5.74, 6) is 0.555. The zero-order chi connectivity index (χ0) is 15.4. The molecule has 0 aliphatic heterocycles. The van der Waals surface area contributed by atoms with Crippen LogP contribution in [0.4, 0.5) is 0 Å². The summed E-state index contributed by atoms with van der Waals surface area (Å²) in [6.45, 7) is 0. The fraction of sp³-hybridized carbons (Fsp3) is 0.0588. The summed E-state index contributed by atoms with van der Waals surface area (Å²) >= 11 is 0. The lowest BCUT2D eigenvalue weighted by molar-refractivity contribution is 0.0951. The minimum absolute atomic E-state index is 0.272. The summed E-state index contributed by atoms with van der Waals surface area (Å²) in [7, 11) is 1.65. The van der Waals surface area contributed by atoms with Crippen LogP contribution in [-0.2, 0) is 0 Å². The second-order valence-corrected chi connectivity index (χ2v) is 4.76. The average molecular weight is 293 g/mol. The van der Waals surface area contributed by atoms with Crippen LogP contribution in [0, 0.1) is 0 Å². The first-order valence-electron chi connectivity index (χ1n) is 6.81. The number of rotatable bonds is 4. The third-order valence-corrected chi connectivity index (χ3v) is 3.29. The molecule has 3 rings (SSSR count). The molecule has 0 saturated carbocycles. The van der Waals surface area contributed by atoms with Gasteiger partial charge in [0, 0.05) is 6.20 Å². The second kappa shape index (κ2) is 6.13. The van der Waals surface area contributed by atoms with E-state index in [4.69, 9.17) is 4.74 Å². The van der Waals surface area contributed by atoms with Crippen LogP contribution in [0.1, 0.15) is 16.1 Å². The van der Waals surface area contributed by atoms with Gasteiger partial charge < -0.3 is 9.72 Å². The standard InChI is InChI=1S/C17H15N3O2/c1-22-15-7-6-13-9-12(4-5-14(13)10-15)11-19-20-17(21)16-3-2-8-18-16/h2-11,18H,1H3,(H,20,21)/b19-11-. The zero-order valence-corrected chi connectivity index (χ0v) is 12.0. The van der Waals surface area contributed by atoms with Gasteiger partial charge >= 0.3 is 0 Å². The number of nitrogens with one attached hydrogen (secondary N) is 2. The molecule has 1 heterocycles. The highest BCUT2D eigenvalue weighted by Gasteiger charge is 2.03. The highest BCUT2D eigenvalue weighted by Crippen LogP contribution is 2.21. The molecule has 0 aliphatic carbocycles. The molecule has 0 radical (unpaired) electrons. The summed E-state index contributed by atoms with van der Waals surface area (Å²) in [6.07, 6.45) is 3.31. The summed E-state index contributed by atoms with van der Waals surface area (Å²) < 4.78 is 5.20. The number of aromatic amines is 1. The molecule has 0 aliphatic rings. The monoisotopic (exact) mass is 293 g/mol. The Morgan fingerprint density at radius 3 is 2.77 bits per heavy atom. The van der Waals surface area contributed by atoms with Crippen LogP contribution in [0.15, 0.2) is 59.8 Å². The van der Waals surface area contributed by atoms with E-state index in [9.17, 15) is 4.79 Å². The number of aromatic nitrogens is 1. The van der Waals surface area contributed by atoms with E-state index in [0.29, 0.717) is 5.69 Å². The van der Waals surface area contributed by atoms with E-state index in [1.165, 1.54) is 0 Å². The average Bonchev–Trinajstić information content (AvgIpc) is 3.08. The number of hydrogen-bond donors (Lipinski definition) is 2. The third-order valence-electron chi connectivity index (χ3n) is 3.29. The molecule has 0 saturated heterocycles. The molecule has 1 amide bonds. The van der Waals surface area contributed by atoms with Gasteiger partial charge in [0.25, 0.3) is 5.91 Å². The van der Waals surface area contributed by atoms with E-state index < -0.39 is 0 Å². The van der Waals surface area contributed by atoms with Crippen molar-refractivity contribution < 1.29 is 9.53 Å². The topological polar surface area (TPSA) is 66.5 Å². The minimum atomic E-state index is -0.272. The predicted molar refractivity (Wildman–Crippen MR) is 86.4 cm³/mol. The first-order valence-corrected chi connectivity index (χ1v) is 6.81. The molecular formula is C17H15N3O2. The van der Waals surface area contributed by atoms with Gasteiger partial charge in [-0.05, 0) is 46.7 Å². The highest BCUT2D eigenvalue weighted by molar-refractivity contribution is 5.94. The molecule has 2 N–H and O–H groups in total. The van der Waals surface area contributed by atoms with Crippen molar-refractivity contribution in [1.82, 2.24) is 10.4 Å². The second-order valence-electron chi connectivity index (χ2n) is 4.76. The Kier molecular flexibility index (Phi) is 3.87. The summed E-state index contributed by atoms with van der Waals surface area (Å²) in [6, 6.07) is 15.3. The number of methoxy groups -OCH3 is 1. The Bertz CT molecular complexity index is 823. The number of H-pyrrole nitrogens is 1. The fourth-order valence-corrected chi connectivity index (χ4v) is 2.15. The maximum Gasteiger partial charge on any atom is 0.287 e. The molecule has 3 aromatic rings. The molecule has 2 aromatic carbocycles. The van der Waals surface area contributed by atoms with Gasteiger partial charge in [-0.25, -0.2) is 5.43 Å². The molecule has 0 unspecified atom stereocenters. The number of fused-ring (bicyclic) bond motifs is 1. The van der Waals surface area contributed by atoms with Crippen LogP contribution in [0.5, 0.6) is 5.75 Å². The van der Waals surface area contributed by atoms with Crippen LogP contribution in [0.25, 0.3) is 10.8 Å². The Morgan fingerprint density at radius 2 is 2.00 bits per heavy atom. The van der Waals surface area contributed by atoms with E-state index in [2.05, 4.69) is 15.5 Å². The first-order chi connectivity index (χ1) is 10.8. The molecule has 0 atom stereocenters. The van der Waals surface area contributed by atoms with Crippen molar-refractivity contribution in [2.45, 2.75) is 0 Å². The van der Waals surface area contributed by atoms with Gasteiger partial charge in [-0.15, -0.1) is 0 Å². The van der Waals surface area contributed by atoms with Crippen LogP contribution in [0.3, 0.4) is 0 Å². The van der Waals surface area contributed by atoms with Gasteiger partial charge in [0.15, 0.2) is 0 Å². The summed E-state index contributed by atoms with van der Waals surface area (Å²) in [4.78, 5) is 14.5. The number of ether oxygens (including phenoxy) is 1. The molecule has 0 spiro atoms. The fourth-order valence-electron chi connectivity index (χ4n) is 2.15. The van der Waals surface area contributed by atoms with Crippen molar-refractivity contribution in [3.63, 3.8) is 0 Å². The lowest BCUT2D eigenvalue weighted by Crippen LogP contribution is -2.17. The van der Waals surface area contributed by atoms with Crippen LogP contribution in [-0.4, -0.2) is 24.2 Å². The molecule has 1 aromatic heterocycles. The first kappa shape index (κ1) is 13.9. The number of carbonyl (C=O) groups is 1. The van der Waals surface area contributed by atoms with Gasteiger partial charge in [0.1, 0.15) is 11.4 Å². The quantitative estimate of drug-likeness (QED) is 0.573. The lowest BCUT2D eigenvalue weighted by Gasteiger charge is -2.03. The zero-order valence-electron chi connectivity index (χ0n) is 12.0. The van der Waals surface area contributed by atoms with Crippen molar-refractivity contribution in [1.29, 1.82) is 0 Å². The van der Waals surface area contributed by atoms with Crippen molar-refractivity contribution >= 4 is 22.9 Å². The third kappa shape index (κ3) is 2.98. The van der Waals surface area contributed by atoms with E-state index >= 15 is 0 Å². The number of nitrogens with zero attached hydrogens (tertiary/aromatic N) is 1. The lowest BCUT2D eigenvalue weighted by atomic mass is 10.1. The van der Waals surface area contributed by atoms with Crippen molar-refractivity contribution in [2.75, 3.05) is 7.11 Å². The van der Waals surface area contributed by atoms with Gasteiger partial charge in [-0.2, -0.15) is 5.10 Å². The SMILES string of the molecule is COc1ccc2cc(/C=N\NC(=O)c3ccc[nH]3)ccc2c1. The van der Waals surface area contributed by atoms with Crippen molar-refractivity contribution in [2.24, 2.45) is 5.10 Å². The van der Waals surface area contributed by atoms with Crippen molar-refractivity contribution in [3.8, 4) is 5.75 Å². The maximum atomic E-state index is 11.7. The number of hydrazone groups is 1. The highest BCUT2D eigenvalue weighted by atomic mass is 16.5. The maximum absolute atomic E-state index is 11.7. The van der Waals surface area contributed by atoms with E-state index in [0.717, 1.165) is 22.1 Å². The van der Waals surface area contributed by atoms with Crippen molar-refractivity contribution in [3.05, 3.63) is 66.0 Å². The smallest absolute Gasteiger partial charge is 0.287 e. The minimum Gasteiger partial charge on any atom is -0.497 e. The van der Waals surface area contributed by atoms with Crippen LogP contribution >= 0.6 is 0 Å². The Labute approximate surface area is 127 Å². The van der Waals surface area contributed by atoms with Gasteiger partial charge in [0.2, 0.25) is 0 Å². The van der Waals surface area contributed by atoms with E-state index in [1.807, 2.05) is 36.4 Å². The molecule has 5 nitrogen and oxygen atoms in total. The Balaban J connectivity index is 1.73. The van der Waals surface area contributed by atoms with Crippen LogP contribution < -0.4 is 10.2 Å². The largest absolute Gasteiger partial charge is 0.497 e. The molecule has 0 fully saturated rings. The molecular weight excluding hydrogens is 278 g/mol. The van der Waals surface area contributed by atoms with Crippen LogP contribution in [0.2, 0.25) is 0 Å². The predicted octanol–water partition coefficient (Wildman–Crippen LogP) is 2.94. The summed E-state index contributed by atoms with van der Waals surface area (Å²) in [5.41, 5.74) is 3.86. The molecule has 22 heavy (non-hydrogen) atoms. The Morgan fingerprint density at radius 1 is 1.18 bits per heavy atom. The molecule has 0 bridgehead atoms. The number of carbonyl (C=O) groups excluding carboxylic acids is 1.